The second kappa shape index (κ2) is 8.05. The van der Waals surface area contributed by atoms with Gasteiger partial charge in [0.2, 0.25) is 0 Å². The van der Waals surface area contributed by atoms with Gasteiger partial charge in [-0.05, 0) is 36.1 Å². The molecule has 1 saturated heterocycles. The first-order chi connectivity index (χ1) is 12.8. The molecule has 1 aliphatic carbocycles. The Morgan fingerprint density at radius 2 is 1.35 bits per heavy atom. The normalized spacial score (nSPS) is 19.5. The summed E-state index contributed by atoms with van der Waals surface area (Å²) in [4.78, 5) is 17.5. The second-order valence-electron chi connectivity index (χ2n) is 7.56. The lowest BCUT2D eigenvalue weighted by molar-refractivity contribution is 0.0523. The Hall–Kier alpha value is -2.13. The monoisotopic (exact) mass is 348 g/mol. The summed E-state index contributed by atoms with van der Waals surface area (Å²) in [6.45, 7) is 3.77. The van der Waals surface area contributed by atoms with Crippen LogP contribution in [0.1, 0.15) is 42.5 Å². The van der Waals surface area contributed by atoms with Crippen molar-refractivity contribution in [3.8, 4) is 11.1 Å². The average molecular weight is 348 g/mol. The number of hydrogen-bond donors (Lipinski definition) is 0. The number of nitrogens with zero attached hydrogens (tertiary/aromatic N) is 2. The van der Waals surface area contributed by atoms with E-state index in [0.717, 1.165) is 43.3 Å². The van der Waals surface area contributed by atoms with E-state index >= 15 is 0 Å². The summed E-state index contributed by atoms with van der Waals surface area (Å²) in [5.41, 5.74) is 3.15. The van der Waals surface area contributed by atoms with E-state index in [1.165, 1.54) is 37.7 Å². The molecule has 3 heteroatoms. The summed E-state index contributed by atoms with van der Waals surface area (Å²) < 4.78 is 0. The van der Waals surface area contributed by atoms with Crippen molar-refractivity contribution in [3.63, 3.8) is 0 Å². The summed E-state index contributed by atoms with van der Waals surface area (Å²) in [5.74, 6) is 0.174. The second-order valence-corrected chi connectivity index (χ2v) is 7.56. The highest BCUT2D eigenvalue weighted by molar-refractivity contribution is 5.94. The standard InChI is InChI=1S/C23H28N2O/c26-23(21-13-11-20(12-14-21)19-7-3-1-4-8-19)25-17-15-24(16-18-25)22-9-5-2-6-10-22/h1,3-4,7-8,11-14,22H,2,5-6,9-10,15-18H2. The van der Waals surface area contributed by atoms with E-state index in [1.54, 1.807) is 0 Å². The molecule has 1 heterocycles. The van der Waals surface area contributed by atoms with Gasteiger partial charge in [-0.15, -0.1) is 0 Å². The Kier molecular flexibility index (Phi) is 5.35. The van der Waals surface area contributed by atoms with Crippen LogP contribution in [0.25, 0.3) is 11.1 Å². The van der Waals surface area contributed by atoms with Crippen LogP contribution >= 0.6 is 0 Å². The zero-order valence-electron chi connectivity index (χ0n) is 15.4. The molecule has 2 aromatic rings. The van der Waals surface area contributed by atoms with Crippen molar-refractivity contribution in [2.24, 2.45) is 0 Å². The van der Waals surface area contributed by atoms with Crippen LogP contribution in [0.4, 0.5) is 0 Å². The SMILES string of the molecule is O=C(c1ccc(-c2ccccc2)cc1)N1CCN(C2CCCCC2)CC1. The van der Waals surface area contributed by atoms with Crippen molar-refractivity contribution in [3.05, 3.63) is 60.2 Å². The quantitative estimate of drug-likeness (QED) is 0.818. The number of benzene rings is 2. The number of hydrogen-bond acceptors (Lipinski definition) is 2. The lowest BCUT2D eigenvalue weighted by Crippen LogP contribution is -2.52. The van der Waals surface area contributed by atoms with Crippen LogP contribution in [0, 0.1) is 0 Å². The maximum atomic E-state index is 12.8. The Balaban J connectivity index is 1.36. The predicted octanol–water partition coefficient (Wildman–Crippen LogP) is 4.44. The molecule has 2 fully saturated rings. The molecule has 2 aliphatic rings. The molecule has 1 amide bonds. The van der Waals surface area contributed by atoms with Gasteiger partial charge in [0, 0.05) is 37.8 Å². The molecular formula is C23H28N2O. The van der Waals surface area contributed by atoms with Crippen LogP contribution in [0.15, 0.2) is 54.6 Å². The molecule has 136 valence electrons. The topological polar surface area (TPSA) is 23.6 Å². The Morgan fingerprint density at radius 1 is 0.731 bits per heavy atom. The fourth-order valence-electron chi connectivity index (χ4n) is 4.35. The Bertz CT molecular complexity index is 712. The molecule has 1 aliphatic heterocycles. The number of amides is 1. The lowest BCUT2D eigenvalue weighted by atomic mass is 9.94. The Labute approximate surface area is 156 Å². The van der Waals surface area contributed by atoms with E-state index in [0.29, 0.717) is 0 Å². The Morgan fingerprint density at radius 3 is 2.00 bits per heavy atom. The molecular weight excluding hydrogens is 320 g/mol. The van der Waals surface area contributed by atoms with Gasteiger partial charge >= 0.3 is 0 Å². The maximum absolute atomic E-state index is 12.8. The van der Waals surface area contributed by atoms with Gasteiger partial charge in [-0.3, -0.25) is 9.69 Å². The van der Waals surface area contributed by atoms with Gasteiger partial charge in [0.05, 0.1) is 0 Å². The molecule has 0 aromatic heterocycles. The van der Waals surface area contributed by atoms with Crippen molar-refractivity contribution in [2.45, 2.75) is 38.1 Å². The number of piperazine rings is 1. The first-order valence-electron chi connectivity index (χ1n) is 10.00. The number of carbonyl (C=O) groups excluding carboxylic acids is 1. The molecule has 0 N–H and O–H groups in total. The summed E-state index contributed by atoms with van der Waals surface area (Å²) in [7, 11) is 0. The molecule has 4 rings (SSSR count). The van der Waals surface area contributed by atoms with E-state index in [9.17, 15) is 4.79 Å². The molecule has 0 unspecified atom stereocenters. The van der Waals surface area contributed by atoms with E-state index in [1.807, 2.05) is 35.2 Å². The van der Waals surface area contributed by atoms with Gasteiger partial charge in [-0.1, -0.05) is 61.7 Å². The predicted molar refractivity (Wildman–Crippen MR) is 106 cm³/mol. The average Bonchev–Trinajstić information content (AvgIpc) is 2.75. The van der Waals surface area contributed by atoms with E-state index in [4.69, 9.17) is 0 Å². The molecule has 3 nitrogen and oxygen atoms in total. The first-order valence-corrected chi connectivity index (χ1v) is 10.00. The van der Waals surface area contributed by atoms with Crippen LogP contribution < -0.4 is 0 Å². The molecule has 0 bridgehead atoms. The summed E-state index contributed by atoms with van der Waals surface area (Å²) in [5, 5.41) is 0. The smallest absolute Gasteiger partial charge is 0.253 e. The van der Waals surface area contributed by atoms with Crippen LogP contribution in [-0.4, -0.2) is 47.9 Å². The summed E-state index contributed by atoms with van der Waals surface area (Å²) in [6.07, 6.45) is 6.83. The number of rotatable bonds is 3. The summed E-state index contributed by atoms with van der Waals surface area (Å²) >= 11 is 0. The lowest BCUT2D eigenvalue weighted by Gasteiger charge is -2.40. The zero-order chi connectivity index (χ0) is 17.8. The van der Waals surface area contributed by atoms with Gasteiger partial charge < -0.3 is 4.90 Å². The third-order valence-electron chi connectivity index (χ3n) is 5.93. The van der Waals surface area contributed by atoms with E-state index in [-0.39, 0.29) is 5.91 Å². The minimum absolute atomic E-state index is 0.174. The van der Waals surface area contributed by atoms with Gasteiger partial charge in [-0.2, -0.15) is 0 Å². The van der Waals surface area contributed by atoms with Crippen molar-refractivity contribution in [1.29, 1.82) is 0 Å². The first kappa shape index (κ1) is 17.3. The van der Waals surface area contributed by atoms with Crippen LogP contribution in [0.3, 0.4) is 0 Å². The van der Waals surface area contributed by atoms with Gasteiger partial charge in [-0.25, -0.2) is 0 Å². The van der Waals surface area contributed by atoms with Crippen molar-refractivity contribution in [2.75, 3.05) is 26.2 Å². The highest BCUT2D eigenvalue weighted by Crippen LogP contribution is 2.24. The van der Waals surface area contributed by atoms with Gasteiger partial charge in [0.25, 0.3) is 5.91 Å². The third kappa shape index (κ3) is 3.83. The molecule has 26 heavy (non-hydrogen) atoms. The zero-order valence-corrected chi connectivity index (χ0v) is 15.4. The molecule has 0 atom stereocenters. The van der Waals surface area contributed by atoms with Crippen molar-refractivity contribution < 1.29 is 4.79 Å². The van der Waals surface area contributed by atoms with Crippen LogP contribution in [0.5, 0.6) is 0 Å². The van der Waals surface area contributed by atoms with Gasteiger partial charge in [0.15, 0.2) is 0 Å². The highest BCUT2D eigenvalue weighted by Gasteiger charge is 2.27. The third-order valence-corrected chi connectivity index (χ3v) is 5.93. The van der Waals surface area contributed by atoms with E-state index in [2.05, 4.69) is 29.2 Å². The van der Waals surface area contributed by atoms with Gasteiger partial charge in [0.1, 0.15) is 0 Å². The van der Waals surface area contributed by atoms with Crippen LogP contribution in [-0.2, 0) is 0 Å². The fraction of sp³-hybridized carbons (Fsp3) is 0.435. The van der Waals surface area contributed by atoms with Crippen molar-refractivity contribution in [1.82, 2.24) is 9.80 Å². The molecule has 0 spiro atoms. The van der Waals surface area contributed by atoms with E-state index < -0.39 is 0 Å². The minimum Gasteiger partial charge on any atom is -0.336 e. The number of carbonyl (C=O) groups is 1. The molecule has 0 radical (unpaired) electrons. The highest BCUT2D eigenvalue weighted by atomic mass is 16.2. The van der Waals surface area contributed by atoms with Crippen LogP contribution in [0.2, 0.25) is 0 Å². The van der Waals surface area contributed by atoms with Crippen molar-refractivity contribution >= 4 is 5.91 Å². The fourth-order valence-corrected chi connectivity index (χ4v) is 4.35. The minimum atomic E-state index is 0.174. The maximum Gasteiger partial charge on any atom is 0.253 e. The largest absolute Gasteiger partial charge is 0.336 e. The molecule has 2 aromatic carbocycles. The summed E-state index contributed by atoms with van der Waals surface area (Å²) in [6, 6.07) is 19.1. The molecule has 1 saturated carbocycles.